The normalized spacial score (nSPS) is 13.3. The fourth-order valence-corrected chi connectivity index (χ4v) is 1.76. The lowest BCUT2D eigenvalue weighted by Crippen LogP contribution is -1.89. The van der Waals surface area contributed by atoms with Gasteiger partial charge in [0.05, 0.1) is 0 Å². The van der Waals surface area contributed by atoms with Crippen LogP contribution in [-0.2, 0) is 6.54 Å². The van der Waals surface area contributed by atoms with E-state index in [4.69, 9.17) is 0 Å². The van der Waals surface area contributed by atoms with Crippen molar-refractivity contribution in [3.8, 4) is 0 Å². The van der Waals surface area contributed by atoms with Gasteiger partial charge in [0.15, 0.2) is 0 Å². The zero-order valence-corrected chi connectivity index (χ0v) is 6.54. The Morgan fingerprint density at radius 1 is 1.25 bits per heavy atom. The summed E-state index contributed by atoms with van der Waals surface area (Å²) in [5.74, 6) is 1.03. The number of aromatic nitrogens is 1. The molecule has 0 bridgehead atoms. The first kappa shape index (κ1) is 6.00. The largest absolute Gasteiger partial charge is 0.365 e. The van der Waals surface area contributed by atoms with Crippen LogP contribution in [0.1, 0.15) is 5.56 Å². The van der Waals surface area contributed by atoms with Crippen molar-refractivity contribution < 1.29 is 0 Å². The second-order valence-corrected chi connectivity index (χ2v) is 3.03. The first-order valence-electron chi connectivity index (χ1n) is 4.05. The highest BCUT2D eigenvalue weighted by Crippen LogP contribution is 2.30. The van der Waals surface area contributed by atoms with Crippen LogP contribution in [0.4, 0.5) is 5.82 Å². The molecule has 2 heterocycles. The number of benzene rings is 1. The van der Waals surface area contributed by atoms with Gasteiger partial charge in [-0.2, -0.15) is 0 Å². The molecule has 1 aromatic carbocycles. The van der Waals surface area contributed by atoms with E-state index in [-0.39, 0.29) is 0 Å². The number of nitrogens with zero attached hydrogens (tertiary/aromatic N) is 1. The molecule has 58 valence electrons. The lowest BCUT2D eigenvalue weighted by atomic mass is 10.1. The van der Waals surface area contributed by atoms with E-state index in [1.165, 1.54) is 16.3 Å². The summed E-state index contributed by atoms with van der Waals surface area (Å²) in [4.78, 5) is 4.27. The average Bonchev–Trinajstić information content (AvgIpc) is 2.52. The summed E-state index contributed by atoms with van der Waals surface area (Å²) in [6.45, 7) is 0.920. The van der Waals surface area contributed by atoms with Gasteiger partial charge < -0.3 is 5.32 Å². The van der Waals surface area contributed by atoms with E-state index in [1.807, 2.05) is 6.20 Å². The molecular formula is C10H8N2. The van der Waals surface area contributed by atoms with Crippen molar-refractivity contribution in [1.82, 2.24) is 4.98 Å². The Balaban J connectivity index is 2.58. The molecule has 12 heavy (non-hydrogen) atoms. The molecule has 0 radical (unpaired) electrons. The summed E-state index contributed by atoms with van der Waals surface area (Å²) in [5, 5.41) is 5.83. The fourth-order valence-electron chi connectivity index (χ4n) is 1.76. The van der Waals surface area contributed by atoms with Gasteiger partial charge in [0, 0.05) is 18.1 Å². The van der Waals surface area contributed by atoms with Gasteiger partial charge in [-0.3, -0.25) is 0 Å². The van der Waals surface area contributed by atoms with Crippen molar-refractivity contribution in [1.29, 1.82) is 0 Å². The van der Waals surface area contributed by atoms with Gasteiger partial charge in [0.1, 0.15) is 5.82 Å². The van der Waals surface area contributed by atoms with Crippen molar-refractivity contribution in [3.63, 3.8) is 0 Å². The Morgan fingerprint density at radius 3 is 3.25 bits per heavy atom. The summed E-state index contributed by atoms with van der Waals surface area (Å²) in [6, 6.07) is 8.41. The smallest absolute Gasteiger partial charge is 0.134 e. The first-order valence-corrected chi connectivity index (χ1v) is 4.05. The molecule has 2 heteroatoms. The van der Waals surface area contributed by atoms with E-state index < -0.39 is 0 Å². The van der Waals surface area contributed by atoms with Gasteiger partial charge in [0.25, 0.3) is 0 Å². The first-order chi connectivity index (χ1) is 5.95. The topological polar surface area (TPSA) is 24.9 Å². The van der Waals surface area contributed by atoms with Gasteiger partial charge in [-0.15, -0.1) is 0 Å². The van der Waals surface area contributed by atoms with Gasteiger partial charge in [-0.1, -0.05) is 18.2 Å². The van der Waals surface area contributed by atoms with Crippen LogP contribution < -0.4 is 5.32 Å². The molecule has 2 aromatic rings. The number of hydrogen-bond acceptors (Lipinski definition) is 2. The van der Waals surface area contributed by atoms with E-state index in [0.717, 1.165) is 12.4 Å². The van der Waals surface area contributed by atoms with E-state index in [0.29, 0.717) is 0 Å². The number of anilines is 1. The highest BCUT2D eigenvalue weighted by molar-refractivity contribution is 5.96. The Labute approximate surface area is 70.2 Å². The van der Waals surface area contributed by atoms with Crippen molar-refractivity contribution in [2.45, 2.75) is 6.54 Å². The van der Waals surface area contributed by atoms with Gasteiger partial charge in [-0.25, -0.2) is 4.98 Å². The van der Waals surface area contributed by atoms with Gasteiger partial charge in [0.2, 0.25) is 0 Å². The monoisotopic (exact) mass is 156 g/mol. The summed E-state index contributed by atoms with van der Waals surface area (Å²) in [7, 11) is 0. The molecule has 0 saturated heterocycles. The van der Waals surface area contributed by atoms with Crippen LogP contribution in [0.5, 0.6) is 0 Å². The average molecular weight is 156 g/mol. The van der Waals surface area contributed by atoms with E-state index in [1.54, 1.807) is 0 Å². The van der Waals surface area contributed by atoms with Crippen LogP contribution in [0.3, 0.4) is 0 Å². The summed E-state index contributed by atoms with van der Waals surface area (Å²) < 4.78 is 0. The van der Waals surface area contributed by atoms with Crippen molar-refractivity contribution in [2.75, 3.05) is 5.32 Å². The van der Waals surface area contributed by atoms with Crippen molar-refractivity contribution in [3.05, 3.63) is 36.0 Å². The highest BCUT2D eigenvalue weighted by atomic mass is 15.0. The molecule has 1 aliphatic rings. The maximum absolute atomic E-state index is 4.27. The van der Waals surface area contributed by atoms with E-state index in [9.17, 15) is 0 Å². The van der Waals surface area contributed by atoms with Crippen LogP contribution >= 0.6 is 0 Å². The van der Waals surface area contributed by atoms with Crippen LogP contribution in [0.25, 0.3) is 10.8 Å². The molecule has 0 amide bonds. The molecule has 0 aliphatic carbocycles. The highest BCUT2D eigenvalue weighted by Gasteiger charge is 2.12. The van der Waals surface area contributed by atoms with Crippen LogP contribution in [0.2, 0.25) is 0 Å². The summed E-state index contributed by atoms with van der Waals surface area (Å²) >= 11 is 0. The summed E-state index contributed by atoms with van der Waals surface area (Å²) in [5.41, 5.74) is 1.36. The Kier molecular flexibility index (Phi) is 0.987. The molecule has 0 atom stereocenters. The van der Waals surface area contributed by atoms with Crippen LogP contribution in [0, 0.1) is 0 Å². The van der Waals surface area contributed by atoms with Crippen LogP contribution in [0.15, 0.2) is 30.5 Å². The standard InChI is InChI=1S/C10H8N2/c1-2-7-4-5-11-10-9(7)8(3-1)6-12-10/h1-5H,6H2,(H,11,12). The minimum Gasteiger partial charge on any atom is -0.365 e. The minimum absolute atomic E-state index is 0.920. The fraction of sp³-hybridized carbons (Fsp3) is 0.100. The summed E-state index contributed by atoms with van der Waals surface area (Å²) in [6.07, 6.45) is 1.85. The molecule has 2 nitrogen and oxygen atoms in total. The number of hydrogen-bond donors (Lipinski definition) is 1. The molecular weight excluding hydrogens is 148 g/mol. The minimum atomic E-state index is 0.920. The lowest BCUT2D eigenvalue weighted by molar-refractivity contribution is 1.19. The molecule has 0 fully saturated rings. The predicted molar refractivity (Wildman–Crippen MR) is 49.1 cm³/mol. The van der Waals surface area contributed by atoms with Gasteiger partial charge in [-0.05, 0) is 17.0 Å². The molecule has 0 unspecified atom stereocenters. The maximum atomic E-state index is 4.27. The second-order valence-electron chi connectivity index (χ2n) is 3.03. The zero-order valence-electron chi connectivity index (χ0n) is 6.54. The third-order valence-electron chi connectivity index (χ3n) is 2.32. The molecule has 1 N–H and O–H groups in total. The third-order valence-corrected chi connectivity index (χ3v) is 2.32. The lowest BCUT2D eigenvalue weighted by Gasteiger charge is -1.97. The van der Waals surface area contributed by atoms with E-state index >= 15 is 0 Å². The predicted octanol–water partition coefficient (Wildman–Crippen LogP) is 2.16. The molecule has 1 aromatic heterocycles. The Hall–Kier alpha value is -1.57. The second kappa shape index (κ2) is 1.97. The molecule has 3 rings (SSSR count). The molecule has 0 saturated carbocycles. The quantitative estimate of drug-likeness (QED) is 0.632. The van der Waals surface area contributed by atoms with Crippen molar-refractivity contribution >= 4 is 16.6 Å². The van der Waals surface area contributed by atoms with Crippen molar-refractivity contribution in [2.24, 2.45) is 0 Å². The zero-order chi connectivity index (χ0) is 7.97. The van der Waals surface area contributed by atoms with Gasteiger partial charge >= 0.3 is 0 Å². The Morgan fingerprint density at radius 2 is 2.25 bits per heavy atom. The number of nitrogens with one attached hydrogen (secondary N) is 1. The molecule has 0 spiro atoms. The SMILES string of the molecule is c1cc2c3c(nccc3c1)NC2. The third kappa shape index (κ3) is 0.619. The number of pyridine rings is 1. The Bertz CT molecular complexity index is 410. The number of rotatable bonds is 0. The maximum Gasteiger partial charge on any atom is 0.134 e. The van der Waals surface area contributed by atoms with E-state index in [2.05, 4.69) is 34.6 Å². The van der Waals surface area contributed by atoms with Crippen LogP contribution in [-0.4, -0.2) is 4.98 Å². The molecule has 1 aliphatic heterocycles.